The zero-order valence-corrected chi connectivity index (χ0v) is 12.6. The summed E-state index contributed by atoms with van der Waals surface area (Å²) in [7, 11) is 0. The van der Waals surface area contributed by atoms with Crippen LogP contribution in [0.4, 0.5) is 0 Å². The summed E-state index contributed by atoms with van der Waals surface area (Å²) >= 11 is 5.27. The van der Waals surface area contributed by atoms with Gasteiger partial charge in [0.05, 0.1) is 0 Å². The summed E-state index contributed by atoms with van der Waals surface area (Å²) in [6, 6.07) is 2.18. The summed E-state index contributed by atoms with van der Waals surface area (Å²) < 4.78 is 1.18. The van der Waals surface area contributed by atoms with Gasteiger partial charge in [0.15, 0.2) is 0 Å². The monoisotopic (exact) mass is 316 g/mol. The van der Waals surface area contributed by atoms with E-state index < -0.39 is 0 Å². The van der Waals surface area contributed by atoms with Crippen LogP contribution in [0.2, 0.25) is 0 Å². The second-order valence-electron chi connectivity index (χ2n) is 5.08. The Hall–Kier alpha value is 0.1000. The molecule has 1 aliphatic carbocycles. The van der Waals surface area contributed by atoms with Crippen molar-refractivity contribution < 1.29 is 0 Å². The first kappa shape index (κ1) is 13.5. The fourth-order valence-electron chi connectivity index (χ4n) is 2.50. The molecule has 1 aromatic rings. The molecule has 2 rings (SSSR count). The van der Waals surface area contributed by atoms with Crippen molar-refractivity contribution in [3.63, 3.8) is 0 Å². The second kappa shape index (κ2) is 6.32. The van der Waals surface area contributed by atoms with Gasteiger partial charge in [-0.2, -0.15) is 0 Å². The Morgan fingerprint density at radius 3 is 2.76 bits per heavy atom. The Balaban J connectivity index is 1.65. The third kappa shape index (κ3) is 4.36. The zero-order chi connectivity index (χ0) is 12.1. The standard InChI is InChI=1S/C13H21BrN2S/c14-11-8-12(17-10-11)9-16-7-6-13(15)4-2-1-3-5-13/h8,10,16H,1-7,9,15H2. The van der Waals surface area contributed by atoms with Crippen LogP contribution in [0, 0.1) is 0 Å². The van der Waals surface area contributed by atoms with E-state index in [-0.39, 0.29) is 5.54 Å². The van der Waals surface area contributed by atoms with Gasteiger partial charge in [-0.3, -0.25) is 0 Å². The van der Waals surface area contributed by atoms with E-state index in [2.05, 4.69) is 32.7 Å². The van der Waals surface area contributed by atoms with Gasteiger partial charge in [0, 0.05) is 26.8 Å². The molecular formula is C13H21BrN2S. The molecule has 1 aliphatic rings. The van der Waals surface area contributed by atoms with E-state index in [9.17, 15) is 0 Å². The largest absolute Gasteiger partial charge is 0.325 e. The molecule has 1 heterocycles. The predicted octanol–water partition coefficient (Wildman–Crippen LogP) is 3.65. The van der Waals surface area contributed by atoms with E-state index in [1.807, 2.05) is 0 Å². The van der Waals surface area contributed by atoms with Crippen molar-refractivity contribution >= 4 is 27.3 Å². The summed E-state index contributed by atoms with van der Waals surface area (Å²) in [4.78, 5) is 1.38. The molecule has 96 valence electrons. The normalized spacial score (nSPS) is 19.4. The summed E-state index contributed by atoms with van der Waals surface area (Å²) in [5, 5.41) is 5.62. The number of rotatable bonds is 5. The van der Waals surface area contributed by atoms with Crippen molar-refractivity contribution in [2.24, 2.45) is 5.73 Å². The van der Waals surface area contributed by atoms with Gasteiger partial charge < -0.3 is 11.1 Å². The van der Waals surface area contributed by atoms with Crippen molar-refractivity contribution in [1.82, 2.24) is 5.32 Å². The SMILES string of the molecule is NC1(CCNCc2cc(Br)cs2)CCCCC1. The summed E-state index contributed by atoms with van der Waals surface area (Å²) in [6.07, 6.45) is 7.52. The van der Waals surface area contributed by atoms with Gasteiger partial charge in [0.1, 0.15) is 0 Å². The number of halogens is 1. The number of thiophene rings is 1. The van der Waals surface area contributed by atoms with E-state index in [1.165, 1.54) is 41.5 Å². The summed E-state index contributed by atoms with van der Waals surface area (Å²) in [6.45, 7) is 2.00. The smallest absolute Gasteiger partial charge is 0.0300 e. The maximum atomic E-state index is 6.40. The van der Waals surface area contributed by atoms with E-state index >= 15 is 0 Å². The molecule has 0 unspecified atom stereocenters. The van der Waals surface area contributed by atoms with Crippen molar-refractivity contribution in [3.05, 3.63) is 20.8 Å². The number of hydrogen-bond donors (Lipinski definition) is 2. The van der Waals surface area contributed by atoms with Gasteiger partial charge >= 0.3 is 0 Å². The molecule has 2 nitrogen and oxygen atoms in total. The highest BCUT2D eigenvalue weighted by Crippen LogP contribution is 2.28. The van der Waals surface area contributed by atoms with Crippen molar-refractivity contribution in [1.29, 1.82) is 0 Å². The lowest BCUT2D eigenvalue weighted by molar-refractivity contribution is 0.275. The van der Waals surface area contributed by atoms with Gasteiger partial charge in [-0.25, -0.2) is 0 Å². The molecule has 0 radical (unpaired) electrons. The molecule has 0 bridgehead atoms. The van der Waals surface area contributed by atoms with Crippen LogP contribution in [-0.4, -0.2) is 12.1 Å². The lowest BCUT2D eigenvalue weighted by Crippen LogP contribution is -2.43. The molecule has 0 aromatic carbocycles. The highest BCUT2D eigenvalue weighted by Gasteiger charge is 2.26. The van der Waals surface area contributed by atoms with E-state index in [4.69, 9.17) is 5.73 Å². The Morgan fingerprint density at radius 1 is 1.35 bits per heavy atom. The maximum absolute atomic E-state index is 6.40. The Kier molecular flexibility index (Phi) is 5.03. The molecule has 0 spiro atoms. The van der Waals surface area contributed by atoms with Gasteiger partial charge in [0.2, 0.25) is 0 Å². The van der Waals surface area contributed by atoms with Crippen LogP contribution in [0.15, 0.2) is 15.9 Å². The van der Waals surface area contributed by atoms with Gasteiger partial charge in [-0.15, -0.1) is 11.3 Å². The van der Waals surface area contributed by atoms with Crippen LogP contribution in [-0.2, 0) is 6.54 Å². The Labute approximate surface area is 116 Å². The quantitative estimate of drug-likeness (QED) is 0.814. The first-order chi connectivity index (χ1) is 8.18. The topological polar surface area (TPSA) is 38.0 Å². The molecule has 1 fully saturated rings. The van der Waals surface area contributed by atoms with Crippen LogP contribution in [0.3, 0.4) is 0 Å². The van der Waals surface area contributed by atoms with Crippen molar-refractivity contribution in [2.45, 2.75) is 50.6 Å². The molecular weight excluding hydrogens is 296 g/mol. The number of nitrogens with two attached hydrogens (primary N) is 1. The molecule has 1 saturated carbocycles. The first-order valence-corrected chi connectivity index (χ1v) is 8.08. The summed E-state index contributed by atoms with van der Waals surface area (Å²) in [5.41, 5.74) is 6.51. The fourth-order valence-corrected chi connectivity index (χ4v) is 3.92. The minimum absolute atomic E-state index is 0.112. The number of nitrogens with one attached hydrogen (secondary N) is 1. The van der Waals surface area contributed by atoms with Crippen LogP contribution in [0.1, 0.15) is 43.4 Å². The van der Waals surface area contributed by atoms with Crippen LogP contribution in [0.5, 0.6) is 0 Å². The highest BCUT2D eigenvalue weighted by molar-refractivity contribution is 9.10. The van der Waals surface area contributed by atoms with Gasteiger partial charge in [-0.1, -0.05) is 19.3 Å². The molecule has 3 N–H and O–H groups in total. The molecule has 4 heteroatoms. The van der Waals surface area contributed by atoms with E-state index in [0.29, 0.717) is 0 Å². The molecule has 0 amide bonds. The van der Waals surface area contributed by atoms with Crippen molar-refractivity contribution in [2.75, 3.05) is 6.54 Å². The molecule has 0 saturated heterocycles. The minimum atomic E-state index is 0.112. The van der Waals surface area contributed by atoms with E-state index in [1.54, 1.807) is 11.3 Å². The average molecular weight is 317 g/mol. The lowest BCUT2D eigenvalue weighted by atomic mass is 9.80. The molecule has 17 heavy (non-hydrogen) atoms. The third-order valence-corrected chi connectivity index (χ3v) is 5.27. The third-order valence-electron chi connectivity index (χ3n) is 3.57. The Bertz CT molecular complexity index is 345. The second-order valence-corrected chi connectivity index (χ2v) is 6.99. The van der Waals surface area contributed by atoms with Crippen LogP contribution in [0.25, 0.3) is 0 Å². The fraction of sp³-hybridized carbons (Fsp3) is 0.692. The van der Waals surface area contributed by atoms with Crippen LogP contribution >= 0.6 is 27.3 Å². The highest BCUT2D eigenvalue weighted by atomic mass is 79.9. The van der Waals surface area contributed by atoms with Crippen molar-refractivity contribution in [3.8, 4) is 0 Å². The predicted molar refractivity (Wildman–Crippen MR) is 78.3 cm³/mol. The lowest BCUT2D eigenvalue weighted by Gasteiger charge is -2.33. The number of hydrogen-bond acceptors (Lipinski definition) is 3. The van der Waals surface area contributed by atoms with E-state index in [0.717, 1.165) is 19.5 Å². The first-order valence-electron chi connectivity index (χ1n) is 6.40. The maximum Gasteiger partial charge on any atom is 0.0300 e. The van der Waals surface area contributed by atoms with Gasteiger partial charge in [-0.05, 0) is 47.8 Å². The van der Waals surface area contributed by atoms with Gasteiger partial charge in [0.25, 0.3) is 0 Å². The van der Waals surface area contributed by atoms with Crippen LogP contribution < -0.4 is 11.1 Å². The summed E-state index contributed by atoms with van der Waals surface area (Å²) in [5.74, 6) is 0. The minimum Gasteiger partial charge on any atom is -0.325 e. The molecule has 1 aromatic heterocycles. The molecule has 0 atom stereocenters. The average Bonchev–Trinajstić information content (AvgIpc) is 2.72. The Morgan fingerprint density at radius 2 is 2.12 bits per heavy atom. The zero-order valence-electron chi connectivity index (χ0n) is 10.2. The molecule has 0 aliphatic heterocycles.